The van der Waals surface area contributed by atoms with Crippen molar-refractivity contribution in [1.82, 2.24) is 14.9 Å². The lowest BCUT2D eigenvalue weighted by Crippen LogP contribution is -2.32. The first-order valence-corrected chi connectivity index (χ1v) is 7.36. The summed E-state index contributed by atoms with van der Waals surface area (Å²) in [4.78, 5) is 10.8. The number of imidazole rings is 1. The summed E-state index contributed by atoms with van der Waals surface area (Å²) in [6.07, 6.45) is 4.02. The zero-order chi connectivity index (χ0) is 13.4. The van der Waals surface area contributed by atoms with Gasteiger partial charge in [0.15, 0.2) is 0 Å². The summed E-state index contributed by atoms with van der Waals surface area (Å²) in [5.41, 5.74) is 4.91. The maximum Gasteiger partial charge on any atom is 0.124 e. The maximum absolute atomic E-state index is 4.79. The van der Waals surface area contributed by atoms with Gasteiger partial charge in [0.05, 0.1) is 17.1 Å². The number of nitrogens with one attached hydrogen (secondary N) is 1. The molecule has 0 bridgehead atoms. The van der Waals surface area contributed by atoms with E-state index in [0.717, 1.165) is 11.3 Å². The third-order valence-electron chi connectivity index (χ3n) is 4.45. The first-order valence-electron chi connectivity index (χ1n) is 7.36. The van der Waals surface area contributed by atoms with Gasteiger partial charge in [-0.15, -0.1) is 0 Å². The van der Waals surface area contributed by atoms with Crippen LogP contribution in [0.15, 0.2) is 12.1 Å². The van der Waals surface area contributed by atoms with Gasteiger partial charge in [-0.3, -0.25) is 4.90 Å². The Kier molecular flexibility index (Phi) is 3.31. The molecule has 19 heavy (non-hydrogen) atoms. The lowest BCUT2D eigenvalue weighted by Gasteiger charge is -2.31. The van der Waals surface area contributed by atoms with E-state index in [0.29, 0.717) is 6.04 Å². The fraction of sp³-hybridized carbons (Fsp3) is 0.562. The predicted molar refractivity (Wildman–Crippen MR) is 79.4 cm³/mol. The van der Waals surface area contributed by atoms with Crippen LogP contribution in [0.3, 0.4) is 0 Å². The maximum atomic E-state index is 4.79. The minimum Gasteiger partial charge on any atom is -0.341 e. The lowest BCUT2D eigenvalue weighted by molar-refractivity contribution is 0.169. The number of aryl methyl sites for hydroxylation is 2. The van der Waals surface area contributed by atoms with E-state index in [2.05, 4.69) is 42.8 Å². The molecule has 1 aliphatic heterocycles. The first-order chi connectivity index (χ1) is 9.15. The van der Waals surface area contributed by atoms with Crippen molar-refractivity contribution in [3.63, 3.8) is 0 Å². The van der Waals surface area contributed by atoms with Crippen LogP contribution >= 0.6 is 0 Å². The normalized spacial score (nSPS) is 18.9. The monoisotopic (exact) mass is 257 g/mol. The molecular weight excluding hydrogens is 234 g/mol. The largest absolute Gasteiger partial charge is 0.341 e. The Labute approximate surface area is 115 Å². The first kappa shape index (κ1) is 12.7. The molecule has 102 valence electrons. The molecule has 1 aliphatic rings. The number of hydrogen-bond donors (Lipinski definition) is 1. The number of fused-ring (bicyclic) bond motifs is 1. The van der Waals surface area contributed by atoms with Gasteiger partial charge in [-0.1, -0.05) is 6.42 Å². The Hall–Kier alpha value is -1.35. The molecule has 1 unspecified atom stereocenters. The molecule has 3 heteroatoms. The second kappa shape index (κ2) is 4.97. The van der Waals surface area contributed by atoms with Crippen LogP contribution in [0.2, 0.25) is 0 Å². The summed E-state index contributed by atoms with van der Waals surface area (Å²) < 4.78 is 0. The summed E-state index contributed by atoms with van der Waals surface area (Å²) in [7, 11) is 0. The van der Waals surface area contributed by atoms with Crippen molar-refractivity contribution in [3.05, 3.63) is 29.1 Å². The number of rotatable bonds is 2. The molecule has 2 heterocycles. The quantitative estimate of drug-likeness (QED) is 0.889. The minimum atomic E-state index is 0.397. The second-order valence-electron chi connectivity index (χ2n) is 5.85. The fourth-order valence-electron chi connectivity index (χ4n) is 2.97. The molecule has 0 radical (unpaired) electrons. The molecule has 1 aromatic carbocycles. The molecule has 0 spiro atoms. The van der Waals surface area contributed by atoms with Gasteiger partial charge < -0.3 is 4.98 Å². The highest BCUT2D eigenvalue weighted by molar-refractivity contribution is 5.77. The van der Waals surface area contributed by atoms with Crippen molar-refractivity contribution in [2.75, 3.05) is 13.1 Å². The van der Waals surface area contributed by atoms with Crippen LogP contribution in [-0.4, -0.2) is 28.0 Å². The van der Waals surface area contributed by atoms with Crippen molar-refractivity contribution in [3.8, 4) is 0 Å². The standard InChI is InChI=1S/C16H23N3/c1-11-9-14-15(10-12(11)2)18-16(17-14)13(3)19-7-5-4-6-8-19/h9-10,13H,4-8H2,1-3H3,(H,17,18). The van der Waals surface area contributed by atoms with E-state index in [4.69, 9.17) is 4.98 Å². The highest BCUT2D eigenvalue weighted by atomic mass is 15.2. The van der Waals surface area contributed by atoms with E-state index in [1.165, 1.54) is 49.0 Å². The van der Waals surface area contributed by atoms with Crippen molar-refractivity contribution in [2.24, 2.45) is 0 Å². The van der Waals surface area contributed by atoms with Gasteiger partial charge in [-0.2, -0.15) is 0 Å². The molecule has 1 aromatic heterocycles. The third-order valence-corrected chi connectivity index (χ3v) is 4.45. The SMILES string of the molecule is Cc1cc2nc(C(C)N3CCCCC3)[nH]c2cc1C. The average molecular weight is 257 g/mol. The second-order valence-corrected chi connectivity index (χ2v) is 5.85. The summed E-state index contributed by atoms with van der Waals surface area (Å²) >= 11 is 0. The Morgan fingerprint density at radius 1 is 1.11 bits per heavy atom. The van der Waals surface area contributed by atoms with Crippen molar-refractivity contribution < 1.29 is 0 Å². The molecule has 0 aliphatic carbocycles. The van der Waals surface area contributed by atoms with Crippen molar-refractivity contribution in [1.29, 1.82) is 0 Å². The van der Waals surface area contributed by atoms with Crippen molar-refractivity contribution >= 4 is 11.0 Å². The van der Waals surface area contributed by atoms with Crippen LogP contribution in [0.25, 0.3) is 11.0 Å². The molecule has 3 nitrogen and oxygen atoms in total. The van der Waals surface area contributed by atoms with E-state index in [-0.39, 0.29) is 0 Å². The van der Waals surface area contributed by atoms with Gasteiger partial charge in [-0.05, 0) is 70.0 Å². The molecular formula is C16H23N3. The minimum absolute atomic E-state index is 0.397. The molecule has 2 aromatic rings. The van der Waals surface area contributed by atoms with Crippen LogP contribution in [-0.2, 0) is 0 Å². The number of H-pyrrole nitrogens is 1. The number of piperidine rings is 1. The summed E-state index contributed by atoms with van der Waals surface area (Å²) in [6, 6.07) is 4.80. The number of nitrogens with zero attached hydrogens (tertiary/aromatic N) is 2. The Balaban J connectivity index is 1.91. The summed E-state index contributed by atoms with van der Waals surface area (Å²) in [5, 5.41) is 0. The Bertz CT molecular complexity index is 540. The average Bonchev–Trinajstić information content (AvgIpc) is 2.82. The summed E-state index contributed by atoms with van der Waals surface area (Å²) in [6.45, 7) is 8.98. The fourth-order valence-corrected chi connectivity index (χ4v) is 2.97. The molecule has 3 rings (SSSR count). The zero-order valence-corrected chi connectivity index (χ0v) is 12.2. The highest BCUT2D eigenvalue weighted by Gasteiger charge is 2.20. The van der Waals surface area contributed by atoms with Crippen molar-refractivity contribution in [2.45, 2.75) is 46.1 Å². The van der Waals surface area contributed by atoms with Crippen LogP contribution < -0.4 is 0 Å². The zero-order valence-electron chi connectivity index (χ0n) is 12.2. The third kappa shape index (κ3) is 2.39. The Morgan fingerprint density at radius 3 is 2.53 bits per heavy atom. The molecule has 0 amide bonds. The topological polar surface area (TPSA) is 31.9 Å². The molecule has 1 atom stereocenters. The van der Waals surface area contributed by atoms with Gasteiger partial charge in [0.2, 0.25) is 0 Å². The highest BCUT2D eigenvalue weighted by Crippen LogP contribution is 2.25. The molecule has 1 saturated heterocycles. The number of likely N-dealkylation sites (tertiary alicyclic amines) is 1. The molecule has 1 fully saturated rings. The van der Waals surface area contributed by atoms with E-state index >= 15 is 0 Å². The molecule has 0 saturated carbocycles. The van der Waals surface area contributed by atoms with E-state index in [9.17, 15) is 0 Å². The van der Waals surface area contributed by atoms with Crippen LogP contribution in [0.1, 0.15) is 49.2 Å². The van der Waals surface area contributed by atoms with E-state index in [1.807, 2.05) is 0 Å². The number of aromatic nitrogens is 2. The lowest BCUT2D eigenvalue weighted by atomic mass is 10.1. The van der Waals surface area contributed by atoms with E-state index in [1.54, 1.807) is 0 Å². The van der Waals surface area contributed by atoms with Gasteiger partial charge in [-0.25, -0.2) is 4.98 Å². The predicted octanol–water partition coefficient (Wildman–Crippen LogP) is 3.73. The van der Waals surface area contributed by atoms with Crippen LogP contribution in [0.5, 0.6) is 0 Å². The van der Waals surface area contributed by atoms with Gasteiger partial charge >= 0.3 is 0 Å². The summed E-state index contributed by atoms with van der Waals surface area (Å²) in [5.74, 6) is 1.11. The number of aromatic amines is 1. The smallest absolute Gasteiger partial charge is 0.124 e. The van der Waals surface area contributed by atoms with Gasteiger partial charge in [0.25, 0.3) is 0 Å². The van der Waals surface area contributed by atoms with Crippen LogP contribution in [0, 0.1) is 13.8 Å². The van der Waals surface area contributed by atoms with Crippen LogP contribution in [0.4, 0.5) is 0 Å². The number of hydrogen-bond acceptors (Lipinski definition) is 2. The molecule has 1 N–H and O–H groups in total. The van der Waals surface area contributed by atoms with Gasteiger partial charge in [0.1, 0.15) is 5.82 Å². The van der Waals surface area contributed by atoms with Gasteiger partial charge in [0, 0.05) is 0 Å². The Morgan fingerprint density at radius 2 is 1.79 bits per heavy atom. The van der Waals surface area contributed by atoms with E-state index < -0.39 is 0 Å². The number of benzene rings is 1.